The number of aromatic amines is 1. The fourth-order valence-corrected chi connectivity index (χ4v) is 4.75. The molecule has 1 unspecified atom stereocenters. The summed E-state index contributed by atoms with van der Waals surface area (Å²) < 4.78 is 5.78. The van der Waals surface area contributed by atoms with Gasteiger partial charge in [-0.1, -0.05) is 66.2 Å². The first-order valence-corrected chi connectivity index (χ1v) is 12.0. The van der Waals surface area contributed by atoms with Crippen molar-refractivity contribution in [2.75, 3.05) is 6.61 Å². The number of amides is 1. The van der Waals surface area contributed by atoms with Crippen LogP contribution in [0.5, 0.6) is 11.5 Å². The van der Waals surface area contributed by atoms with E-state index in [0.29, 0.717) is 46.4 Å². The molecule has 1 aromatic heterocycles. The number of rotatable bonds is 7. The Morgan fingerprint density at radius 2 is 1.94 bits per heavy atom. The fraction of sp³-hybridized carbons (Fsp3) is 0.172. The van der Waals surface area contributed by atoms with E-state index >= 15 is 0 Å². The molecule has 1 atom stereocenters. The Morgan fingerprint density at radius 3 is 2.69 bits per heavy atom. The molecule has 1 aliphatic heterocycles. The molecule has 3 aromatic carbocycles. The van der Waals surface area contributed by atoms with Crippen molar-refractivity contribution in [3.63, 3.8) is 0 Å². The first-order chi connectivity index (χ1) is 17.4. The molecule has 2 N–H and O–H groups in total. The number of nitrogens with zero attached hydrogens (tertiary/aromatic N) is 2. The van der Waals surface area contributed by atoms with E-state index in [2.05, 4.69) is 16.8 Å². The number of benzene rings is 3. The number of aromatic hydroxyl groups is 1. The molecular formula is C29H26ClN3O3. The lowest BCUT2D eigenvalue weighted by molar-refractivity contribution is 0.0730. The quantitative estimate of drug-likeness (QED) is 0.290. The maximum atomic E-state index is 13.7. The predicted molar refractivity (Wildman–Crippen MR) is 140 cm³/mol. The summed E-state index contributed by atoms with van der Waals surface area (Å²) in [7, 11) is 0. The van der Waals surface area contributed by atoms with Gasteiger partial charge in [-0.2, -0.15) is 5.10 Å². The maximum Gasteiger partial charge on any atom is 0.273 e. The second-order valence-corrected chi connectivity index (χ2v) is 9.38. The van der Waals surface area contributed by atoms with Crippen molar-refractivity contribution >= 4 is 17.5 Å². The van der Waals surface area contributed by atoms with Gasteiger partial charge in [0, 0.05) is 22.7 Å². The highest BCUT2D eigenvalue weighted by Gasteiger charge is 2.42. The van der Waals surface area contributed by atoms with Crippen LogP contribution in [0.15, 0.2) is 73.3 Å². The van der Waals surface area contributed by atoms with Gasteiger partial charge in [0.15, 0.2) is 0 Å². The van der Waals surface area contributed by atoms with Gasteiger partial charge >= 0.3 is 0 Å². The van der Waals surface area contributed by atoms with Crippen LogP contribution in [-0.4, -0.2) is 32.7 Å². The van der Waals surface area contributed by atoms with Crippen molar-refractivity contribution in [3.05, 3.63) is 112 Å². The molecule has 0 fully saturated rings. The molecule has 1 amide bonds. The summed E-state index contributed by atoms with van der Waals surface area (Å²) in [5.74, 6) is 0.566. The number of aromatic nitrogens is 2. The van der Waals surface area contributed by atoms with Gasteiger partial charge in [-0.15, -0.1) is 0 Å². The van der Waals surface area contributed by atoms with Gasteiger partial charge in [0.2, 0.25) is 0 Å². The maximum absolute atomic E-state index is 13.7. The molecule has 0 spiro atoms. The monoisotopic (exact) mass is 499 g/mol. The number of aryl methyl sites for hydroxylation is 2. The van der Waals surface area contributed by atoms with Crippen LogP contribution in [0.3, 0.4) is 0 Å². The van der Waals surface area contributed by atoms with Crippen LogP contribution in [0, 0.1) is 13.8 Å². The van der Waals surface area contributed by atoms with Crippen molar-refractivity contribution in [1.29, 1.82) is 0 Å². The highest BCUT2D eigenvalue weighted by Crippen LogP contribution is 2.46. The summed E-state index contributed by atoms with van der Waals surface area (Å²) in [6, 6.07) is 18.6. The Labute approximate surface area is 214 Å². The minimum absolute atomic E-state index is 0.0532. The van der Waals surface area contributed by atoms with Crippen molar-refractivity contribution in [1.82, 2.24) is 15.1 Å². The molecule has 0 radical (unpaired) electrons. The predicted octanol–water partition coefficient (Wildman–Crippen LogP) is 6.36. The lowest BCUT2D eigenvalue weighted by Crippen LogP contribution is -2.29. The van der Waals surface area contributed by atoms with Gasteiger partial charge < -0.3 is 14.7 Å². The number of phenolic OH excluding ortho intramolecular Hbond substituents is 1. The Morgan fingerprint density at radius 1 is 1.17 bits per heavy atom. The Bertz CT molecular complexity index is 1460. The van der Waals surface area contributed by atoms with E-state index in [-0.39, 0.29) is 11.7 Å². The number of carbonyl (C=O) groups is 1. The SMILES string of the molecule is C=CCOc1cccc(C2c3c(-c4cc(Cl)c(C)cc4O)n[nH]c3C(=O)N2Cc2ccc(C)cc2)c1. The van der Waals surface area contributed by atoms with Crippen molar-refractivity contribution < 1.29 is 14.6 Å². The van der Waals surface area contributed by atoms with Gasteiger partial charge in [0.1, 0.15) is 29.5 Å². The zero-order valence-electron chi connectivity index (χ0n) is 20.1. The topological polar surface area (TPSA) is 78.5 Å². The fourth-order valence-electron chi connectivity index (χ4n) is 4.59. The second kappa shape index (κ2) is 9.55. The number of phenols is 1. The largest absolute Gasteiger partial charge is 0.507 e. The average Bonchev–Trinajstić information content (AvgIpc) is 3.40. The summed E-state index contributed by atoms with van der Waals surface area (Å²) in [5.41, 5.74) is 5.85. The smallest absolute Gasteiger partial charge is 0.273 e. The summed E-state index contributed by atoms with van der Waals surface area (Å²) in [4.78, 5) is 15.5. The standard InChI is InChI=1S/C29H26ClN3O3/c1-4-12-36-21-7-5-6-20(14-21)28-25-26(22-15-23(30)18(3)13-24(22)34)31-32-27(25)29(35)33(28)16-19-10-8-17(2)9-11-19/h4-11,13-15,28,34H,1,12,16H2,2-3H3,(H,31,32). The lowest BCUT2D eigenvalue weighted by atomic mass is 9.95. The summed E-state index contributed by atoms with van der Waals surface area (Å²) >= 11 is 6.40. The van der Waals surface area contributed by atoms with E-state index in [1.54, 1.807) is 18.2 Å². The van der Waals surface area contributed by atoms with E-state index in [9.17, 15) is 9.90 Å². The minimum Gasteiger partial charge on any atom is -0.507 e. The lowest BCUT2D eigenvalue weighted by Gasteiger charge is -2.27. The van der Waals surface area contributed by atoms with Crippen LogP contribution in [0.4, 0.5) is 0 Å². The molecule has 1 aliphatic rings. The third-order valence-corrected chi connectivity index (χ3v) is 6.82. The zero-order chi connectivity index (χ0) is 25.4. The van der Waals surface area contributed by atoms with Crippen LogP contribution in [0.25, 0.3) is 11.3 Å². The average molecular weight is 500 g/mol. The molecule has 182 valence electrons. The summed E-state index contributed by atoms with van der Waals surface area (Å²) in [6.45, 7) is 8.35. The number of nitrogens with one attached hydrogen (secondary N) is 1. The first-order valence-electron chi connectivity index (χ1n) is 11.6. The number of hydrogen-bond acceptors (Lipinski definition) is 4. The second-order valence-electron chi connectivity index (χ2n) is 8.97. The minimum atomic E-state index is -0.450. The van der Waals surface area contributed by atoms with E-state index in [1.165, 1.54) is 0 Å². The highest BCUT2D eigenvalue weighted by molar-refractivity contribution is 6.31. The number of ether oxygens (including phenoxy) is 1. The molecule has 36 heavy (non-hydrogen) atoms. The molecule has 0 aliphatic carbocycles. The Balaban J connectivity index is 1.65. The van der Waals surface area contributed by atoms with Gasteiger partial charge in [-0.05, 0) is 54.8 Å². The number of hydrogen-bond donors (Lipinski definition) is 2. The van der Waals surface area contributed by atoms with Crippen LogP contribution < -0.4 is 4.74 Å². The van der Waals surface area contributed by atoms with Gasteiger partial charge in [0.25, 0.3) is 5.91 Å². The van der Waals surface area contributed by atoms with Crippen LogP contribution in [0.2, 0.25) is 5.02 Å². The van der Waals surface area contributed by atoms with Crippen molar-refractivity contribution in [3.8, 4) is 22.8 Å². The highest BCUT2D eigenvalue weighted by atomic mass is 35.5. The van der Waals surface area contributed by atoms with E-state index in [1.807, 2.05) is 67.3 Å². The van der Waals surface area contributed by atoms with E-state index in [0.717, 1.165) is 22.3 Å². The van der Waals surface area contributed by atoms with Gasteiger partial charge in [-0.3, -0.25) is 9.89 Å². The Hall–Kier alpha value is -4.03. The van der Waals surface area contributed by atoms with Gasteiger partial charge in [-0.25, -0.2) is 0 Å². The van der Waals surface area contributed by atoms with Crippen LogP contribution in [0.1, 0.15) is 44.3 Å². The number of carbonyl (C=O) groups excluding carboxylic acids is 1. The molecule has 4 aromatic rings. The van der Waals surface area contributed by atoms with Gasteiger partial charge in [0.05, 0.1) is 6.04 Å². The van der Waals surface area contributed by atoms with E-state index in [4.69, 9.17) is 16.3 Å². The summed E-state index contributed by atoms with van der Waals surface area (Å²) in [5, 5.41) is 18.7. The molecule has 2 heterocycles. The van der Waals surface area contributed by atoms with Crippen molar-refractivity contribution in [2.45, 2.75) is 26.4 Å². The number of fused-ring (bicyclic) bond motifs is 1. The summed E-state index contributed by atoms with van der Waals surface area (Å²) in [6.07, 6.45) is 1.69. The third kappa shape index (κ3) is 4.25. The molecule has 0 saturated carbocycles. The van der Waals surface area contributed by atoms with Crippen LogP contribution >= 0.6 is 11.6 Å². The molecule has 6 nitrogen and oxygen atoms in total. The Kier molecular flexibility index (Phi) is 6.29. The number of H-pyrrole nitrogens is 1. The molecular weight excluding hydrogens is 474 g/mol. The molecule has 5 rings (SSSR count). The van der Waals surface area contributed by atoms with Crippen molar-refractivity contribution in [2.24, 2.45) is 0 Å². The molecule has 0 bridgehead atoms. The normalized spacial score (nSPS) is 14.7. The molecule has 7 heteroatoms. The van der Waals surface area contributed by atoms with E-state index < -0.39 is 6.04 Å². The third-order valence-electron chi connectivity index (χ3n) is 6.41. The number of halogens is 1. The zero-order valence-corrected chi connectivity index (χ0v) is 20.8. The molecule has 0 saturated heterocycles. The first kappa shape index (κ1) is 23.7. The van der Waals surface area contributed by atoms with Crippen LogP contribution in [-0.2, 0) is 6.54 Å².